The predicted octanol–water partition coefficient (Wildman–Crippen LogP) is 4.46. The van der Waals surface area contributed by atoms with Crippen molar-refractivity contribution in [3.8, 4) is 22.8 Å². The molecule has 1 saturated carbocycles. The van der Waals surface area contributed by atoms with Crippen molar-refractivity contribution >= 4 is 39.7 Å². The number of ether oxygens (including phenoxy) is 1. The van der Waals surface area contributed by atoms with Gasteiger partial charge in [0.15, 0.2) is 0 Å². The summed E-state index contributed by atoms with van der Waals surface area (Å²) < 4.78 is 30.6. The number of aromatic hydroxyl groups is 1. The lowest BCUT2D eigenvalue weighted by atomic mass is 10.0. The molecule has 0 radical (unpaired) electrons. The number of nitrogen functional groups attached to an aromatic ring is 1. The van der Waals surface area contributed by atoms with Crippen LogP contribution in [0.15, 0.2) is 65.5 Å². The van der Waals surface area contributed by atoms with E-state index in [1.54, 1.807) is 42.5 Å². The molecule has 1 heterocycles. The van der Waals surface area contributed by atoms with Gasteiger partial charge in [0.25, 0.3) is 5.56 Å². The number of likely N-dealkylation sites (N-methyl/N-ethyl adjacent to an activating group) is 1. The van der Waals surface area contributed by atoms with Crippen LogP contribution in [0.5, 0.6) is 11.5 Å². The second-order valence-electron chi connectivity index (χ2n) is 8.76. The van der Waals surface area contributed by atoms with E-state index in [0.29, 0.717) is 44.8 Å². The lowest BCUT2D eigenvalue weighted by Gasteiger charge is -2.19. The molecule has 0 aliphatic heterocycles. The third kappa shape index (κ3) is 4.85. The molecule has 1 amide bonds. The molecule has 0 unspecified atom stereocenters. The van der Waals surface area contributed by atoms with Crippen LogP contribution in [-0.2, 0) is 11.3 Å². The summed E-state index contributed by atoms with van der Waals surface area (Å²) in [5.41, 5.74) is 5.96. The lowest BCUT2D eigenvalue weighted by Crippen LogP contribution is -2.35. The summed E-state index contributed by atoms with van der Waals surface area (Å²) >= 11 is 6.22. The summed E-state index contributed by atoms with van der Waals surface area (Å²) in [6.07, 6.45) is 2.22. The number of benzene rings is 3. The first-order valence-electron chi connectivity index (χ1n) is 12.9. The normalized spacial score (nSPS) is 14.6. The molecule has 1 aliphatic rings. The number of amides is 1. The predicted molar refractivity (Wildman–Crippen MR) is 141 cm³/mol. The van der Waals surface area contributed by atoms with E-state index in [2.05, 4.69) is 5.10 Å². The van der Waals surface area contributed by atoms with Gasteiger partial charge in [-0.05, 0) is 61.2 Å². The van der Waals surface area contributed by atoms with Crippen LogP contribution in [0.2, 0.25) is 5.02 Å². The number of nitrogens with two attached hydrogens (primary N) is 1. The summed E-state index contributed by atoms with van der Waals surface area (Å²) in [4.78, 5) is 27.5. The minimum absolute atomic E-state index is 0.0231. The maximum Gasteiger partial charge on any atom is 0.275 e. The smallest absolute Gasteiger partial charge is 0.275 e. The van der Waals surface area contributed by atoms with Gasteiger partial charge in [-0.1, -0.05) is 23.7 Å². The zero-order valence-corrected chi connectivity index (χ0v) is 19.9. The summed E-state index contributed by atoms with van der Waals surface area (Å²) in [7, 11) is 0. The Balaban J connectivity index is 1.60. The minimum atomic E-state index is -2.92. The maximum absolute atomic E-state index is 13.6. The Kier molecular flexibility index (Phi) is 5.35. The molecule has 3 N–H and O–H groups in total. The fourth-order valence-corrected chi connectivity index (χ4v) is 4.01. The fraction of sp³-hybridized carbons (Fsp3) is 0.222. The van der Waals surface area contributed by atoms with Gasteiger partial charge in [-0.15, -0.1) is 0 Å². The van der Waals surface area contributed by atoms with Crippen LogP contribution in [0.4, 0.5) is 11.4 Å². The highest BCUT2D eigenvalue weighted by Gasteiger charge is 2.22. The van der Waals surface area contributed by atoms with Gasteiger partial charge in [-0.3, -0.25) is 9.59 Å². The van der Waals surface area contributed by atoms with Gasteiger partial charge >= 0.3 is 0 Å². The third-order valence-electron chi connectivity index (χ3n) is 6.02. The van der Waals surface area contributed by atoms with E-state index < -0.39 is 25.0 Å². The standard InChI is InChI=1S/C27H25ClN4O4/c1-31(19-7-10-23(29)24(33)12-19)25(34)14-32-27(35)22-13-20(36-15-16-5-6-16)8-9-21(22)26(30-32)17-3-2-4-18(28)11-17/h2-4,7-13,16,33H,5-6,14-15,29H2,1H3/i1D3. The van der Waals surface area contributed by atoms with E-state index in [4.69, 9.17) is 26.2 Å². The van der Waals surface area contributed by atoms with Gasteiger partial charge in [0.1, 0.15) is 18.0 Å². The number of halogens is 1. The Morgan fingerprint density at radius 2 is 2.06 bits per heavy atom. The van der Waals surface area contributed by atoms with Crippen molar-refractivity contribution in [2.24, 2.45) is 5.92 Å². The van der Waals surface area contributed by atoms with Gasteiger partial charge in [0.05, 0.1) is 23.4 Å². The van der Waals surface area contributed by atoms with Gasteiger partial charge < -0.3 is 20.5 Å². The van der Waals surface area contributed by atoms with Crippen molar-refractivity contribution in [2.75, 3.05) is 24.2 Å². The van der Waals surface area contributed by atoms with Crippen LogP contribution in [0.25, 0.3) is 22.0 Å². The number of carbonyl (C=O) groups excluding carboxylic acids is 1. The Bertz CT molecular complexity index is 1640. The van der Waals surface area contributed by atoms with E-state index in [1.165, 1.54) is 12.1 Å². The topological polar surface area (TPSA) is 111 Å². The SMILES string of the molecule is [2H]C([2H])([2H])N(C(=O)Cn1nc(-c2cccc(Cl)c2)c2ccc(OCC3CC3)cc2c1=O)c1ccc(N)c(O)c1. The first-order chi connectivity index (χ1) is 18.5. The van der Waals surface area contributed by atoms with Crippen molar-refractivity contribution in [1.29, 1.82) is 0 Å². The number of nitrogens with zero attached hydrogens (tertiary/aromatic N) is 3. The third-order valence-corrected chi connectivity index (χ3v) is 6.25. The molecule has 0 saturated heterocycles. The molecular weight excluding hydrogens is 480 g/mol. The summed E-state index contributed by atoms with van der Waals surface area (Å²) in [5.74, 6) is -0.300. The molecular formula is C27H25ClN4O4. The molecule has 0 atom stereocenters. The quantitative estimate of drug-likeness (QED) is 0.282. The lowest BCUT2D eigenvalue weighted by molar-refractivity contribution is -0.119. The molecule has 0 spiro atoms. The van der Waals surface area contributed by atoms with Crippen molar-refractivity contribution in [3.63, 3.8) is 0 Å². The molecule has 1 fully saturated rings. The van der Waals surface area contributed by atoms with Crippen LogP contribution < -0.4 is 20.9 Å². The number of rotatable bonds is 7. The highest BCUT2D eigenvalue weighted by atomic mass is 35.5. The molecule has 36 heavy (non-hydrogen) atoms. The molecule has 4 aromatic rings. The zero-order valence-electron chi connectivity index (χ0n) is 22.1. The van der Waals surface area contributed by atoms with Crippen LogP contribution in [-0.4, -0.2) is 34.4 Å². The monoisotopic (exact) mass is 507 g/mol. The maximum atomic E-state index is 13.6. The Morgan fingerprint density at radius 3 is 2.78 bits per heavy atom. The molecule has 1 aliphatic carbocycles. The van der Waals surface area contributed by atoms with Crippen molar-refractivity contribution in [3.05, 3.63) is 76.0 Å². The average Bonchev–Trinajstić information content (AvgIpc) is 3.70. The second kappa shape index (κ2) is 9.54. The first-order valence-corrected chi connectivity index (χ1v) is 11.7. The zero-order chi connectivity index (χ0) is 27.9. The van der Waals surface area contributed by atoms with E-state index in [0.717, 1.165) is 23.6 Å². The Morgan fingerprint density at radius 1 is 1.22 bits per heavy atom. The molecule has 8 nitrogen and oxygen atoms in total. The molecule has 3 aromatic carbocycles. The molecule has 5 rings (SSSR count). The van der Waals surface area contributed by atoms with Gasteiger partial charge in [-0.25, -0.2) is 4.68 Å². The largest absolute Gasteiger partial charge is 0.506 e. The van der Waals surface area contributed by atoms with E-state index >= 15 is 0 Å². The number of fused-ring (bicyclic) bond motifs is 1. The number of anilines is 2. The summed E-state index contributed by atoms with van der Waals surface area (Å²) in [5, 5.41) is 15.7. The highest BCUT2D eigenvalue weighted by Crippen LogP contribution is 2.32. The summed E-state index contributed by atoms with van der Waals surface area (Å²) in [6.45, 7) is -3.05. The van der Waals surface area contributed by atoms with E-state index in [9.17, 15) is 14.7 Å². The number of carbonyl (C=O) groups is 1. The molecule has 9 heteroatoms. The van der Waals surface area contributed by atoms with Gasteiger partial charge in [0.2, 0.25) is 5.91 Å². The van der Waals surface area contributed by atoms with Crippen LogP contribution in [0.3, 0.4) is 0 Å². The molecule has 0 bridgehead atoms. The minimum Gasteiger partial charge on any atom is -0.506 e. The number of hydrogen-bond donors (Lipinski definition) is 2. The van der Waals surface area contributed by atoms with Crippen molar-refractivity contribution < 1.29 is 18.8 Å². The molecule has 1 aromatic heterocycles. The fourth-order valence-electron chi connectivity index (χ4n) is 3.82. The Hall–Kier alpha value is -4.04. The number of phenolic OH excluding ortho intramolecular Hbond substituents is 1. The van der Waals surface area contributed by atoms with E-state index in [1.807, 2.05) is 0 Å². The number of aromatic nitrogens is 2. The van der Waals surface area contributed by atoms with Crippen LogP contribution in [0.1, 0.15) is 17.0 Å². The van der Waals surface area contributed by atoms with E-state index in [-0.39, 0.29) is 22.5 Å². The summed E-state index contributed by atoms with van der Waals surface area (Å²) in [6, 6.07) is 15.7. The van der Waals surface area contributed by atoms with Crippen molar-refractivity contribution in [2.45, 2.75) is 19.4 Å². The second-order valence-corrected chi connectivity index (χ2v) is 9.19. The van der Waals surface area contributed by atoms with Gasteiger partial charge in [-0.2, -0.15) is 5.10 Å². The first kappa shape index (κ1) is 20.2. The average molecular weight is 508 g/mol. The Labute approximate surface area is 216 Å². The van der Waals surface area contributed by atoms with Crippen LogP contribution in [0, 0.1) is 5.92 Å². The van der Waals surface area contributed by atoms with Gasteiger partial charge in [0, 0.05) is 38.8 Å². The van der Waals surface area contributed by atoms with Crippen LogP contribution >= 0.6 is 11.6 Å². The van der Waals surface area contributed by atoms with Crippen molar-refractivity contribution in [1.82, 2.24) is 9.78 Å². The highest BCUT2D eigenvalue weighted by molar-refractivity contribution is 6.30. The molecule has 184 valence electrons. The number of phenols is 1. The number of hydrogen-bond acceptors (Lipinski definition) is 6.